The maximum Gasteiger partial charge on any atom is 0.324 e. The average Bonchev–Trinajstić information content (AvgIpc) is 3.76. The number of thiazole rings is 1. The molecular formula is C32H31FN8O3S. The maximum atomic E-state index is 14.1. The number of carbonyl (C=O) groups excluding carboxylic acids is 2. The molecule has 1 aliphatic heterocycles. The summed E-state index contributed by atoms with van der Waals surface area (Å²) in [7, 11) is 0. The van der Waals surface area contributed by atoms with Gasteiger partial charge in [0.2, 0.25) is 5.91 Å². The molecule has 2 N–H and O–H groups in total. The van der Waals surface area contributed by atoms with Crippen LogP contribution in [-0.2, 0) is 10.2 Å². The molecule has 3 aromatic heterocycles. The highest BCUT2D eigenvalue weighted by molar-refractivity contribution is 7.19. The van der Waals surface area contributed by atoms with E-state index >= 15 is 0 Å². The highest BCUT2D eigenvalue weighted by Crippen LogP contribution is 2.34. The Hall–Kier alpha value is -5.17. The Bertz CT molecular complexity index is 1860. The van der Waals surface area contributed by atoms with Crippen molar-refractivity contribution in [3.8, 4) is 27.9 Å². The Kier molecular flexibility index (Phi) is 8.02. The fourth-order valence-corrected chi connectivity index (χ4v) is 5.67. The number of benzene rings is 2. The first-order valence-corrected chi connectivity index (χ1v) is 15.2. The van der Waals surface area contributed by atoms with E-state index in [0.717, 1.165) is 28.1 Å². The maximum absolute atomic E-state index is 14.1. The minimum absolute atomic E-state index is 0.107. The van der Waals surface area contributed by atoms with Crippen LogP contribution in [-0.4, -0.2) is 43.2 Å². The molecule has 0 aliphatic carbocycles. The monoisotopic (exact) mass is 626 g/mol. The summed E-state index contributed by atoms with van der Waals surface area (Å²) >= 11 is 1.48. The predicted molar refractivity (Wildman–Crippen MR) is 171 cm³/mol. The summed E-state index contributed by atoms with van der Waals surface area (Å²) in [6, 6.07) is 13.2. The smallest absolute Gasteiger partial charge is 0.324 e. The van der Waals surface area contributed by atoms with Crippen LogP contribution in [0, 0.1) is 12.7 Å². The van der Waals surface area contributed by atoms with Crippen molar-refractivity contribution in [2.45, 2.75) is 46.0 Å². The van der Waals surface area contributed by atoms with Crippen molar-refractivity contribution >= 4 is 39.9 Å². The fraction of sp³-hybridized carbons (Fsp3) is 0.250. The van der Waals surface area contributed by atoms with Crippen molar-refractivity contribution in [1.29, 1.82) is 0 Å². The van der Waals surface area contributed by atoms with Gasteiger partial charge < -0.3 is 10.1 Å². The summed E-state index contributed by atoms with van der Waals surface area (Å²) in [6.07, 6.45) is 6.06. The molecule has 0 radical (unpaired) electrons. The van der Waals surface area contributed by atoms with Crippen LogP contribution in [0.4, 0.5) is 25.8 Å². The van der Waals surface area contributed by atoms with Crippen molar-refractivity contribution < 1.29 is 18.7 Å². The summed E-state index contributed by atoms with van der Waals surface area (Å²) in [5.74, 6) is 0.626. The molecule has 6 rings (SSSR count). The van der Waals surface area contributed by atoms with Crippen molar-refractivity contribution in [1.82, 2.24) is 24.7 Å². The van der Waals surface area contributed by atoms with E-state index in [0.29, 0.717) is 41.0 Å². The number of aryl methyl sites for hydroxylation is 1. The largest absolute Gasteiger partial charge is 0.424 e. The lowest BCUT2D eigenvalue weighted by Gasteiger charge is -2.14. The quantitative estimate of drug-likeness (QED) is 0.197. The molecule has 1 saturated heterocycles. The Morgan fingerprint density at radius 1 is 1.00 bits per heavy atom. The van der Waals surface area contributed by atoms with Gasteiger partial charge in [-0.15, -0.1) is 0 Å². The van der Waals surface area contributed by atoms with Crippen LogP contribution in [0.25, 0.3) is 16.1 Å². The molecule has 0 unspecified atom stereocenters. The molecule has 0 spiro atoms. The van der Waals surface area contributed by atoms with Gasteiger partial charge in [0.25, 0.3) is 0 Å². The van der Waals surface area contributed by atoms with E-state index in [-0.39, 0.29) is 17.3 Å². The number of nitrogens with one attached hydrogen (secondary N) is 2. The first-order chi connectivity index (χ1) is 21.5. The van der Waals surface area contributed by atoms with Gasteiger partial charge >= 0.3 is 12.0 Å². The second-order valence-corrected chi connectivity index (χ2v) is 12.6. The topological polar surface area (TPSA) is 127 Å². The van der Waals surface area contributed by atoms with Gasteiger partial charge in [-0.1, -0.05) is 38.2 Å². The zero-order valence-electron chi connectivity index (χ0n) is 25.2. The highest BCUT2D eigenvalue weighted by atomic mass is 32.1. The van der Waals surface area contributed by atoms with E-state index in [4.69, 9.17) is 4.74 Å². The second kappa shape index (κ2) is 12.1. The number of ether oxygens (including phenoxy) is 1. The molecule has 11 nitrogen and oxygen atoms in total. The van der Waals surface area contributed by atoms with E-state index in [1.807, 2.05) is 39.8 Å². The van der Waals surface area contributed by atoms with Gasteiger partial charge in [0.05, 0.1) is 34.3 Å². The minimum Gasteiger partial charge on any atom is -0.424 e. The third-order valence-corrected chi connectivity index (χ3v) is 8.22. The van der Waals surface area contributed by atoms with Crippen LogP contribution in [0.3, 0.4) is 0 Å². The third kappa shape index (κ3) is 6.68. The number of hydrogen-bond donors (Lipinski definition) is 2. The molecule has 13 heteroatoms. The van der Waals surface area contributed by atoms with Gasteiger partial charge in [0.1, 0.15) is 17.4 Å². The van der Waals surface area contributed by atoms with Crippen LogP contribution in [0.5, 0.6) is 11.8 Å². The molecule has 1 fully saturated rings. The van der Waals surface area contributed by atoms with E-state index in [1.165, 1.54) is 40.5 Å². The third-order valence-electron chi connectivity index (χ3n) is 7.15. The van der Waals surface area contributed by atoms with Crippen LogP contribution in [0.15, 0.2) is 67.1 Å². The summed E-state index contributed by atoms with van der Waals surface area (Å²) in [6.45, 7) is 8.58. The molecule has 4 heterocycles. The molecule has 45 heavy (non-hydrogen) atoms. The number of halogens is 1. The number of hydrogen-bond acceptors (Lipinski definition) is 8. The number of rotatable bonds is 7. The minimum atomic E-state index is -0.543. The average molecular weight is 627 g/mol. The van der Waals surface area contributed by atoms with Gasteiger partial charge in [0, 0.05) is 30.6 Å². The zero-order valence-corrected chi connectivity index (χ0v) is 26.0. The predicted octanol–water partition coefficient (Wildman–Crippen LogP) is 7.09. The SMILES string of the molecule is Cc1ccc(F)cc1-n1nc(C(C)(C)C)cc1NC(=O)Nc1cnc(Oc2ccc(-c3cnc(N4CCCC4=O)s3)cc2)nc1. The number of aromatic nitrogens is 5. The molecule has 2 aromatic carbocycles. The zero-order chi connectivity index (χ0) is 31.7. The number of carbonyl (C=O) groups is 2. The Morgan fingerprint density at radius 2 is 1.76 bits per heavy atom. The molecule has 5 aromatic rings. The van der Waals surface area contributed by atoms with Crippen molar-refractivity contribution in [3.63, 3.8) is 0 Å². The van der Waals surface area contributed by atoms with Gasteiger partial charge in [-0.3, -0.25) is 15.0 Å². The second-order valence-electron chi connectivity index (χ2n) is 11.6. The molecule has 230 valence electrons. The molecular weight excluding hydrogens is 595 g/mol. The van der Waals surface area contributed by atoms with Crippen LogP contribution in [0.1, 0.15) is 44.9 Å². The molecule has 0 bridgehead atoms. The highest BCUT2D eigenvalue weighted by Gasteiger charge is 2.25. The first-order valence-electron chi connectivity index (χ1n) is 14.3. The Balaban J connectivity index is 1.10. The number of urea groups is 1. The summed E-state index contributed by atoms with van der Waals surface area (Å²) < 4.78 is 21.4. The summed E-state index contributed by atoms with van der Waals surface area (Å²) in [5.41, 5.74) is 3.05. The lowest BCUT2D eigenvalue weighted by molar-refractivity contribution is -0.117. The van der Waals surface area contributed by atoms with Crippen LogP contribution >= 0.6 is 11.3 Å². The van der Waals surface area contributed by atoms with Crippen LogP contribution in [0.2, 0.25) is 0 Å². The summed E-state index contributed by atoms with van der Waals surface area (Å²) in [5, 5.41) is 10.9. The van der Waals surface area contributed by atoms with Crippen LogP contribution < -0.4 is 20.3 Å². The number of amides is 3. The number of nitrogens with zero attached hydrogens (tertiary/aromatic N) is 6. The van der Waals surface area contributed by atoms with E-state index < -0.39 is 11.8 Å². The molecule has 0 atom stereocenters. The normalized spacial score (nSPS) is 13.3. The number of anilines is 3. The molecule has 3 amide bonds. The van der Waals surface area contributed by atoms with E-state index in [1.54, 1.807) is 35.4 Å². The lowest BCUT2D eigenvalue weighted by Crippen LogP contribution is -2.23. The van der Waals surface area contributed by atoms with Gasteiger partial charge in [-0.05, 0) is 60.9 Å². The fourth-order valence-electron chi connectivity index (χ4n) is 4.71. The Morgan fingerprint density at radius 3 is 2.44 bits per heavy atom. The van der Waals surface area contributed by atoms with E-state index in [2.05, 4.69) is 30.7 Å². The Labute approximate surface area is 263 Å². The van der Waals surface area contributed by atoms with Crippen molar-refractivity contribution in [2.75, 3.05) is 22.1 Å². The van der Waals surface area contributed by atoms with Gasteiger partial charge in [0.15, 0.2) is 5.13 Å². The molecule has 0 saturated carbocycles. The van der Waals surface area contributed by atoms with Crippen molar-refractivity contribution in [2.24, 2.45) is 0 Å². The standard InChI is InChI=1S/C32H31FN8O3S/c1-19-7-10-21(33)14-24(19)41-27(15-26(39-41)32(2,3)4)38-29(43)37-22-16-34-30(35-17-22)44-23-11-8-20(9-12-23)25-18-36-31(45-25)40-13-5-6-28(40)42/h7-12,14-18H,5-6,13H2,1-4H3,(H2,37,38,43). The lowest BCUT2D eigenvalue weighted by atomic mass is 9.92. The van der Waals surface area contributed by atoms with Gasteiger partial charge in [-0.25, -0.2) is 28.8 Å². The van der Waals surface area contributed by atoms with E-state index in [9.17, 15) is 14.0 Å². The first kappa shape index (κ1) is 29.9. The van der Waals surface area contributed by atoms with Crippen molar-refractivity contribution in [3.05, 3.63) is 84.2 Å². The molecule has 1 aliphatic rings. The van der Waals surface area contributed by atoms with Gasteiger partial charge in [-0.2, -0.15) is 5.10 Å². The summed E-state index contributed by atoms with van der Waals surface area (Å²) in [4.78, 5) is 40.5.